The highest BCUT2D eigenvalue weighted by molar-refractivity contribution is 5.42. The van der Waals surface area contributed by atoms with E-state index in [2.05, 4.69) is 25.2 Å². The van der Waals surface area contributed by atoms with E-state index in [1.54, 1.807) is 14.2 Å². The summed E-state index contributed by atoms with van der Waals surface area (Å²) in [6.45, 7) is 4.56. The first-order chi connectivity index (χ1) is 9.63. The van der Waals surface area contributed by atoms with Crippen LogP contribution in [-0.2, 0) is 0 Å². The Morgan fingerprint density at radius 2 is 2.00 bits per heavy atom. The standard InChI is InChI=1S/C17H27NO2/c1-12-6-5-7-14(10-12)18-13(2)16-11-15(19-3)8-9-17(16)20-4/h8-9,11-14,18H,5-7,10H2,1-4H3. The fraction of sp³-hybridized carbons (Fsp3) is 0.647. The van der Waals surface area contributed by atoms with E-state index < -0.39 is 0 Å². The summed E-state index contributed by atoms with van der Waals surface area (Å²) in [4.78, 5) is 0. The number of methoxy groups -OCH3 is 2. The van der Waals surface area contributed by atoms with Gasteiger partial charge in [0.1, 0.15) is 11.5 Å². The van der Waals surface area contributed by atoms with Gasteiger partial charge >= 0.3 is 0 Å². The fourth-order valence-corrected chi connectivity index (χ4v) is 3.21. The monoisotopic (exact) mass is 277 g/mol. The van der Waals surface area contributed by atoms with Crippen LogP contribution in [0.3, 0.4) is 0 Å². The van der Waals surface area contributed by atoms with Gasteiger partial charge in [-0.05, 0) is 43.9 Å². The Hall–Kier alpha value is -1.22. The average molecular weight is 277 g/mol. The SMILES string of the molecule is COc1ccc(OC)c(C(C)NC2CCCC(C)C2)c1. The normalized spacial score (nSPS) is 24.2. The summed E-state index contributed by atoms with van der Waals surface area (Å²) >= 11 is 0. The molecule has 3 nitrogen and oxygen atoms in total. The lowest BCUT2D eigenvalue weighted by Gasteiger charge is -2.30. The number of nitrogens with one attached hydrogen (secondary N) is 1. The molecule has 1 fully saturated rings. The zero-order valence-corrected chi connectivity index (χ0v) is 13.1. The molecule has 1 N–H and O–H groups in total. The van der Waals surface area contributed by atoms with Crippen LogP contribution in [0.5, 0.6) is 11.5 Å². The highest BCUT2D eigenvalue weighted by atomic mass is 16.5. The zero-order valence-electron chi connectivity index (χ0n) is 13.1. The van der Waals surface area contributed by atoms with Gasteiger partial charge in [0.2, 0.25) is 0 Å². The Bertz CT molecular complexity index is 433. The van der Waals surface area contributed by atoms with E-state index in [9.17, 15) is 0 Å². The smallest absolute Gasteiger partial charge is 0.123 e. The van der Waals surface area contributed by atoms with E-state index in [1.807, 2.05) is 12.1 Å². The molecule has 0 bridgehead atoms. The molecule has 1 aliphatic rings. The van der Waals surface area contributed by atoms with Gasteiger partial charge in [-0.25, -0.2) is 0 Å². The van der Waals surface area contributed by atoms with Crippen molar-refractivity contribution in [3.8, 4) is 11.5 Å². The van der Waals surface area contributed by atoms with Gasteiger partial charge in [-0.2, -0.15) is 0 Å². The Kier molecular flexibility index (Phi) is 5.30. The molecule has 1 aromatic carbocycles. The van der Waals surface area contributed by atoms with Crippen LogP contribution >= 0.6 is 0 Å². The first kappa shape index (κ1) is 15.2. The summed E-state index contributed by atoms with van der Waals surface area (Å²) in [5, 5.41) is 3.76. The molecule has 2 rings (SSSR count). The minimum Gasteiger partial charge on any atom is -0.497 e. The van der Waals surface area contributed by atoms with Crippen LogP contribution in [0.25, 0.3) is 0 Å². The van der Waals surface area contributed by atoms with Crippen LogP contribution < -0.4 is 14.8 Å². The summed E-state index contributed by atoms with van der Waals surface area (Å²) in [6.07, 6.45) is 5.26. The van der Waals surface area contributed by atoms with Gasteiger partial charge in [0.25, 0.3) is 0 Å². The van der Waals surface area contributed by atoms with Gasteiger partial charge in [-0.15, -0.1) is 0 Å². The largest absolute Gasteiger partial charge is 0.497 e. The summed E-state index contributed by atoms with van der Waals surface area (Å²) in [5.41, 5.74) is 1.17. The molecule has 112 valence electrons. The number of ether oxygens (including phenoxy) is 2. The van der Waals surface area contributed by atoms with E-state index >= 15 is 0 Å². The summed E-state index contributed by atoms with van der Waals surface area (Å²) in [7, 11) is 3.42. The molecule has 0 aromatic heterocycles. The molecule has 0 heterocycles. The molecule has 1 aliphatic carbocycles. The lowest BCUT2D eigenvalue weighted by atomic mass is 9.86. The minimum absolute atomic E-state index is 0.273. The molecule has 20 heavy (non-hydrogen) atoms. The van der Waals surface area contributed by atoms with Crippen molar-refractivity contribution < 1.29 is 9.47 Å². The van der Waals surface area contributed by atoms with Crippen LogP contribution in [0.2, 0.25) is 0 Å². The van der Waals surface area contributed by atoms with Crippen molar-refractivity contribution >= 4 is 0 Å². The second kappa shape index (κ2) is 6.98. The second-order valence-electron chi connectivity index (χ2n) is 5.96. The predicted octanol–water partition coefficient (Wildman–Crippen LogP) is 3.93. The first-order valence-corrected chi connectivity index (χ1v) is 7.62. The molecule has 3 atom stereocenters. The van der Waals surface area contributed by atoms with Crippen molar-refractivity contribution in [2.75, 3.05) is 14.2 Å². The van der Waals surface area contributed by atoms with Crippen molar-refractivity contribution in [2.45, 2.75) is 51.6 Å². The molecule has 0 spiro atoms. The second-order valence-corrected chi connectivity index (χ2v) is 5.96. The van der Waals surface area contributed by atoms with E-state index in [0.29, 0.717) is 6.04 Å². The highest BCUT2D eigenvalue weighted by Gasteiger charge is 2.22. The van der Waals surface area contributed by atoms with Crippen molar-refractivity contribution in [1.82, 2.24) is 5.32 Å². The maximum absolute atomic E-state index is 5.48. The molecule has 1 saturated carbocycles. The summed E-state index contributed by atoms with van der Waals surface area (Å²) in [6, 6.07) is 6.89. The molecular formula is C17H27NO2. The maximum atomic E-state index is 5.48. The Balaban J connectivity index is 2.09. The van der Waals surface area contributed by atoms with Gasteiger partial charge in [0.15, 0.2) is 0 Å². The van der Waals surface area contributed by atoms with Crippen LogP contribution in [0, 0.1) is 5.92 Å². The minimum atomic E-state index is 0.273. The predicted molar refractivity (Wildman–Crippen MR) is 82.5 cm³/mol. The lowest BCUT2D eigenvalue weighted by Crippen LogP contribution is -2.35. The fourth-order valence-electron chi connectivity index (χ4n) is 3.21. The van der Waals surface area contributed by atoms with Crippen molar-refractivity contribution in [3.05, 3.63) is 23.8 Å². The number of benzene rings is 1. The summed E-state index contributed by atoms with van der Waals surface area (Å²) in [5.74, 6) is 2.64. The number of hydrogen-bond acceptors (Lipinski definition) is 3. The van der Waals surface area contributed by atoms with Crippen LogP contribution in [-0.4, -0.2) is 20.3 Å². The molecule has 0 radical (unpaired) electrons. The topological polar surface area (TPSA) is 30.5 Å². The molecule has 0 saturated heterocycles. The average Bonchev–Trinajstić information content (AvgIpc) is 2.46. The maximum Gasteiger partial charge on any atom is 0.123 e. The van der Waals surface area contributed by atoms with Crippen LogP contribution in [0.15, 0.2) is 18.2 Å². The third kappa shape index (κ3) is 3.66. The molecule has 3 heteroatoms. The number of hydrogen-bond donors (Lipinski definition) is 1. The van der Waals surface area contributed by atoms with Crippen LogP contribution in [0.1, 0.15) is 51.1 Å². The van der Waals surface area contributed by atoms with Gasteiger partial charge in [0.05, 0.1) is 14.2 Å². The third-order valence-corrected chi connectivity index (χ3v) is 4.33. The molecule has 0 amide bonds. The quantitative estimate of drug-likeness (QED) is 0.884. The Labute approximate surface area is 122 Å². The van der Waals surface area contributed by atoms with Crippen molar-refractivity contribution in [3.63, 3.8) is 0 Å². The van der Waals surface area contributed by atoms with E-state index in [1.165, 1.54) is 31.2 Å². The van der Waals surface area contributed by atoms with Gasteiger partial charge in [-0.3, -0.25) is 0 Å². The number of rotatable bonds is 5. The van der Waals surface area contributed by atoms with E-state index in [4.69, 9.17) is 9.47 Å². The molecule has 1 aromatic rings. The Morgan fingerprint density at radius 1 is 1.20 bits per heavy atom. The zero-order chi connectivity index (χ0) is 14.5. The van der Waals surface area contributed by atoms with Gasteiger partial charge in [-0.1, -0.05) is 19.8 Å². The van der Waals surface area contributed by atoms with Crippen molar-refractivity contribution in [2.24, 2.45) is 5.92 Å². The lowest BCUT2D eigenvalue weighted by molar-refractivity contribution is 0.283. The molecular weight excluding hydrogens is 250 g/mol. The molecule has 3 unspecified atom stereocenters. The van der Waals surface area contributed by atoms with Gasteiger partial charge < -0.3 is 14.8 Å². The Morgan fingerprint density at radius 3 is 2.65 bits per heavy atom. The van der Waals surface area contributed by atoms with Crippen LogP contribution in [0.4, 0.5) is 0 Å². The van der Waals surface area contributed by atoms with E-state index in [0.717, 1.165) is 17.4 Å². The van der Waals surface area contributed by atoms with Crippen molar-refractivity contribution in [1.29, 1.82) is 0 Å². The van der Waals surface area contributed by atoms with E-state index in [-0.39, 0.29) is 6.04 Å². The highest BCUT2D eigenvalue weighted by Crippen LogP contribution is 2.31. The van der Waals surface area contributed by atoms with Gasteiger partial charge in [0, 0.05) is 17.6 Å². The first-order valence-electron chi connectivity index (χ1n) is 7.62. The molecule has 0 aliphatic heterocycles. The third-order valence-electron chi connectivity index (χ3n) is 4.33. The summed E-state index contributed by atoms with van der Waals surface area (Å²) < 4.78 is 10.8.